The first kappa shape index (κ1) is 22.4. The molecule has 0 fully saturated rings. The summed E-state index contributed by atoms with van der Waals surface area (Å²) < 4.78 is 21.8. The Morgan fingerprint density at radius 1 is 1.10 bits per heavy atom. The first-order chi connectivity index (χ1) is 3.13. The van der Waals surface area contributed by atoms with Crippen LogP contribution in [-0.4, -0.2) is 67.0 Å². The molecular formula is H3CaO7Si2-3. The Morgan fingerprint density at radius 3 is 1.30 bits per heavy atom. The summed E-state index contributed by atoms with van der Waals surface area (Å²) in [6.45, 7) is 0. The second-order valence-electron chi connectivity index (χ2n) is 0.602. The Kier molecular flexibility index (Phi) is 27.6. The molecule has 0 atom stereocenters. The van der Waals surface area contributed by atoms with Gasteiger partial charge in [-0.25, -0.2) is 0 Å². The van der Waals surface area contributed by atoms with Crippen molar-refractivity contribution < 1.29 is 33.6 Å². The summed E-state index contributed by atoms with van der Waals surface area (Å²) >= 11 is 0. The van der Waals surface area contributed by atoms with Gasteiger partial charge in [0.15, 0.2) is 0 Å². The van der Waals surface area contributed by atoms with Gasteiger partial charge in [-0.05, 0) is 0 Å². The van der Waals surface area contributed by atoms with Crippen molar-refractivity contribution in [2.75, 3.05) is 0 Å². The monoisotopic (exact) mass is 211 g/mol. The van der Waals surface area contributed by atoms with Gasteiger partial charge in [-0.2, -0.15) is 0 Å². The van der Waals surface area contributed by atoms with Gasteiger partial charge in [0.25, 0.3) is 0 Å². The molecule has 0 aromatic carbocycles. The maximum atomic E-state index is 9.29. The zero-order chi connectivity index (χ0) is 5.86. The Balaban J connectivity index is -0.0000000600. The molecule has 0 rings (SSSR count). The Morgan fingerprint density at radius 2 is 1.30 bits per heavy atom. The van der Waals surface area contributed by atoms with E-state index in [1.807, 2.05) is 0 Å². The minimum atomic E-state index is -3.51. The first-order valence-electron chi connectivity index (χ1n) is 1.22. The molecule has 0 heterocycles. The summed E-state index contributed by atoms with van der Waals surface area (Å²) in [6, 6.07) is 0. The maximum Gasteiger partial charge on any atom is 0.410 e. The predicted molar refractivity (Wildman–Crippen MR) is 25.3 cm³/mol. The van der Waals surface area contributed by atoms with E-state index in [2.05, 4.69) is 4.12 Å². The smallest absolute Gasteiger partial charge is 0.410 e. The van der Waals surface area contributed by atoms with Crippen LogP contribution in [0, 0.1) is 0 Å². The van der Waals surface area contributed by atoms with Gasteiger partial charge < -0.3 is 33.6 Å². The second kappa shape index (κ2) is 12.3. The van der Waals surface area contributed by atoms with E-state index in [1.165, 1.54) is 0 Å². The average Bonchev–Trinajstić information content (AvgIpc) is 1.27. The first-order valence-corrected chi connectivity index (χ1v) is 3.67. The van der Waals surface area contributed by atoms with Crippen molar-refractivity contribution in [2.24, 2.45) is 0 Å². The SMILES string of the molecule is O.O=[Si]([O-])O[Si](=O)[O-].[Ca].[OH-]. The molecule has 0 bridgehead atoms. The van der Waals surface area contributed by atoms with Crippen LogP contribution < -0.4 is 9.59 Å². The minimum absolute atomic E-state index is 0. The molecule has 10 heteroatoms. The van der Waals surface area contributed by atoms with Crippen LogP contribution in [-0.2, 0) is 13.0 Å². The fourth-order valence-corrected chi connectivity index (χ4v) is 0.612. The third-order valence-electron chi connectivity index (χ3n) is 0.167. The van der Waals surface area contributed by atoms with E-state index < -0.39 is 18.3 Å². The molecule has 10 heavy (non-hydrogen) atoms. The summed E-state index contributed by atoms with van der Waals surface area (Å²) in [4.78, 5) is 18.6. The summed E-state index contributed by atoms with van der Waals surface area (Å²) in [5.74, 6) is 0. The molecule has 0 aliphatic carbocycles. The maximum absolute atomic E-state index is 9.29. The van der Waals surface area contributed by atoms with Gasteiger partial charge in [-0.1, -0.05) is 0 Å². The number of hydrogen-bond donors (Lipinski definition) is 0. The van der Waals surface area contributed by atoms with Crippen LogP contribution in [0.3, 0.4) is 0 Å². The van der Waals surface area contributed by atoms with Crippen LogP contribution >= 0.6 is 0 Å². The van der Waals surface area contributed by atoms with Gasteiger partial charge in [-0.15, -0.1) is 0 Å². The molecule has 0 unspecified atom stereocenters. The molecular weight excluding hydrogens is 208 g/mol. The Labute approximate surface area is 89.1 Å². The van der Waals surface area contributed by atoms with E-state index in [1.54, 1.807) is 0 Å². The van der Waals surface area contributed by atoms with Gasteiger partial charge in [-0.3, -0.25) is 0 Å². The molecule has 0 aromatic rings. The summed E-state index contributed by atoms with van der Waals surface area (Å²) in [7, 11) is -7.03. The van der Waals surface area contributed by atoms with E-state index in [4.69, 9.17) is 0 Å². The second-order valence-corrected chi connectivity index (χ2v) is 2.42. The Bertz CT molecular complexity index is 87.8. The van der Waals surface area contributed by atoms with Crippen molar-refractivity contribution in [3.05, 3.63) is 0 Å². The third kappa shape index (κ3) is 23.5. The molecule has 0 aliphatic rings. The fourth-order valence-electron chi connectivity index (χ4n) is 0.0680. The zero-order valence-electron chi connectivity index (χ0n) is 4.70. The van der Waals surface area contributed by atoms with Gasteiger partial charge in [0.2, 0.25) is 0 Å². The van der Waals surface area contributed by atoms with Gasteiger partial charge in [0, 0.05) is 37.7 Å². The molecule has 7 nitrogen and oxygen atoms in total. The van der Waals surface area contributed by atoms with Crippen LogP contribution in [0.4, 0.5) is 0 Å². The van der Waals surface area contributed by atoms with Crippen molar-refractivity contribution in [1.29, 1.82) is 0 Å². The average molecular weight is 211 g/mol. The van der Waals surface area contributed by atoms with E-state index in [0.29, 0.717) is 0 Å². The van der Waals surface area contributed by atoms with Crippen molar-refractivity contribution in [1.82, 2.24) is 0 Å². The Hall–Kier alpha value is 0.614. The summed E-state index contributed by atoms with van der Waals surface area (Å²) in [5.41, 5.74) is 0. The van der Waals surface area contributed by atoms with Crippen molar-refractivity contribution >= 4 is 56.1 Å². The quantitative estimate of drug-likeness (QED) is 0.418. The molecule has 3 N–H and O–H groups in total. The van der Waals surface area contributed by atoms with Crippen LogP contribution in [0.2, 0.25) is 0 Å². The normalized spacial score (nSPS) is 5.20. The van der Waals surface area contributed by atoms with E-state index in [9.17, 15) is 18.5 Å². The van der Waals surface area contributed by atoms with E-state index in [-0.39, 0.29) is 48.7 Å². The van der Waals surface area contributed by atoms with E-state index >= 15 is 0 Å². The van der Waals surface area contributed by atoms with Crippen LogP contribution in [0.15, 0.2) is 0 Å². The molecule has 0 aromatic heterocycles. The molecule has 58 valence electrons. The zero-order valence-corrected chi connectivity index (χ0v) is 8.90. The molecule has 0 saturated carbocycles. The molecule has 2 radical (unpaired) electrons. The third-order valence-corrected chi connectivity index (χ3v) is 1.50. The van der Waals surface area contributed by atoms with Gasteiger partial charge >= 0.3 is 18.3 Å². The standard InChI is InChI=1S/Ca.O5Si2.2H2O/c;1-6(2)5-7(3)4;;/h;;2*1H2/q;-2;;/p-1. The van der Waals surface area contributed by atoms with Crippen molar-refractivity contribution in [2.45, 2.75) is 0 Å². The minimum Gasteiger partial charge on any atom is -0.870 e. The molecule has 0 aliphatic heterocycles. The topological polar surface area (TPSA) is 151 Å². The molecule has 0 spiro atoms. The van der Waals surface area contributed by atoms with Crippen LogP contribution in [0.5, 0.6) is 0 Å². The van der Waals surface area contributed by atoms with Gasteiger partial charge in [0.1, 0.15) is 0 Å². The van der Waals surface area contributed by atoms with Crippen molar-refractivity contribution in [3.8, 4) is 0 Å². The largest absolute Gasteiger partial charge is 0.870 e. The van der Waals surface area contributed by atoms with Gasteiger partial charge in [0.05, 0.1) is 0 Å². The van der Waals surface area contributed by atoms with Crippen LogP contribution in [0.25, 0.3) is 0 Å². The summed E-state index contributed by atoms with van der Waals surface area (Å²) in [5, 5.41) is 0. The van der Waals surface area contributed by atoms with E-state index in [0.717, 1.165) is 0 Å². The number of rotatable bonds is 2. The number of hydrogen-bond acceptors (Lipinski definition) is 6. The fraction of sp³-hybridized carbons (Fsp3) is 0. The summed E-state index contributed by atoms with van der Waals surface area (Å²) in [6.07, 6.45) is 0. The molecule has 0 amide bonds. The predicted octanol–water partition coefficient (Wildman–Crippen LogP) is -4.83. The van der Waals surface area contributed by atoms with Crippen molar-refractivity contribution in [3.63, 3.8) is 0 Å². The molecule has 0 saturated heterocycles. The van der Waals surface area contributed by atoms with Crippen LogP contribution in [0.1, 0.15) is 0 Å².